The van der Waals surface area contributed by atoms with Crippen LogP contribution in [0.3, 0.4) is 0 Å². The summed E-state index contributed by atoms with van der Waals surface area (Å²) < 4.78 is 5.66. The van der Waals surface area contributed by atoms with Crippen molar-refractivity contribution in [3.8, 4) is 11.1 Å². The summed E-state index contributed by atoms with van der Waals surface area (Å²) in [6, 6.07) is 15.4. The topological polar surface area (TPSA) is 95.9 Å². The summed E-state index contributed by atoms with van der Waals surface area (Å²) in [5.74, 6) is -1.51. The van der Waals surface area contributed by atoms with Gasteiger partial charge in [-0.2, -0.15) is 0 Å². The Morgan fingerprint density at radius 3 is 2.06 bits per heavy atom. The van der Waals surface area contributed by atoms with Gasteiger partial charge < -0.3 is 20.1 Å². The average Bonchev–Trinajstić information content (AvgIpc) is 3.13. The molecule has 35 heavy (non-hydrogen) atoms. The minimum atomic E-state index is -0.975. The SMILES string of the molecule is CCC(C)[C@H](NC(=O)OCC1c2ccccc2-c2ccccc21)C(=O)N(CCC(=O)O)C(C)(C)C. The van der Waals surface area contributed by atoms with E-state index < -0.39 is 23.6 Å². The van der Waals surface area contributed by atoms with Crippen LogP contribution in [0.4, 0.5) is 4.79 Å². The molecule has 0 heterocycles. The number of hydrogen-bond acceptors (Lipinski definition) is 4. The Balaban J connectivity index is 1.74. The first-order valence-corrected chi connectivity index (χ1v) is 12.2. The number of nitrogens with one attached hydrogen (secondary N) is 1. The molecule has 1 aliphatic rings. The van der Waals surface area contributed by atoms with E-state index in [1.807, 2.05) is 58.9 Å². The van der Waals surface area contributed by atoms with E-state index in [4.69, 9.17) is 9.84 Å². The van der Waals surface area contributed by atoms with Crippen LogP contribution < -0.4 is 5.32 Å². The van der Waals surface area contributed by atoms with Crippen LogP contribution in [0.15, 0.2) is 48.5 Å². The number of nitrogens with zero attached hydrogens (tertiary/aromatic N) is 1. The number of carboxylic acid groups (broad SMARTS) is 1. The van der Waals surface area contributed by atoms with E-state index in [0.717, 1.165) is 22.3 Å². The first kappa shape index (κ1) is 26.3. The summed E-state index contributed by atoms with van der Waals surface area (Å²) in [6.45, 7) is 9.63. The van der Waals surface area contributed by atoms with Crippen molar-refractivity contribution in [1.82, 2.24) is 10.2 Å². The molecule has 0 saturated carbocycles. The fourth-order valence-electron chi connectivity index (χ4n) is 4.60. The minimum Gasteiger partial charge on any atom is -0.481 e. The highest BCUT2D eigenvalue weighted by atomic mass is 16.5. The Morgan fingerprint density at radius 1 is 1.03 bits per heavy atom. The van der Waals surface area contributed by atoms with Gasteiger partial charge in [0.25, 0.3) is 0 Å². The highest BCUT2D eigenvalue weighted by Gasteiger charge is 2.36. The van der Waals surface area contributed by atoms with Gasteiger partial charge in [-0.15, -0.1) is 0 Å². The number of benzene rings is 2. The van der Waals surface area contributed by atoms with E-state index in [1.165, 1.54) is 4.90 Å². The van der Waals surface area contributed by atoms with Crippen molar-refractivity contribution >= 4 is 18.0 Å². The molecule has 2 N–H and O–H groups in total. The summed E-state index contributed by atoms with van der Waals surface area (Å²) in [5, 5.41) is 11.9. The standard InChI is InChI=1S/C28H36N2O5/c1-6-18(2)25(26(33)30(28(3,4)5)16-15-24(31)32)29-27(34)35-17-23-21-13-9-7-11-19(21)20-12-8-10-14-22(20)23/h7-14,18,23,25H,6,15-17H2,1-5H3,(H,29,34)(H,31,32)/t18?,25-/m0/s1. The zero-order valence-electron chi connectivity index (χ0n) is 21.2. The lowest BCUT2D eigenvalue weighted by molar-refractivity contribution is -0.142. The zero-order valence-corrected chi connectivity index (χ0v) is 21.2. The largest absolute Gasteiger partial charge is 0.481 e. The number of amides is 2. The molecule has 2 aromatic rings. The molecule has 0 aromatic heterocycles. The van der Waals surface area contributed by atoms with Gasteiger partial charge in [0.2, 0.25) is 5.91 Å². The van der Waals surface area contributed by atoms with Crippen molar-refractivity contribution in [2.45, 2.75) is 65.0 Å². The molecule has 1 unspecified atom stereocenters. The lowest BCUT2D eigenvalue weighted by atomic mass is 9.95. The summed E-state index contributed by atoms with van der Waals surface area (Å²) in [6.07, 6.45) is -0.157. The monoisotopic (exact) mass is 480 g/mol. The van der Waals surface area contributed by atoms with Crippen molar-refractivity contribution < 1.29 is 24.2 Å². The number of carbonyl (C=O) groups is 3. The van der Waals surface area contributed by atoms with Gasteiger partial charge in [0.1, 0.15) is 12.6 Å². The van der Waals surface area contributed by atoms with Gasteiger partial charge in [-0.1, -0.05) is 68.8 Å². The van der Waals surface area contributed by atoms with Crippen LogP contribution in [0.2, 0.25) is 0 Å². The van der Waals surface area contributed by atoms with Crippen LogP contribution in [-0.4, -0.2) is 52.7 Å². The predicted octanol–water partition coefficient (Wildman–Crippen LogP) is 5.04. The molecule has 2 aromatic carbocycles. The van der Waals surface area contributed by atoms with E-state index in [9.17, 15) is 14.4 Å². The molecule has 0 radical (unpaired) electrons. The van der Waals surface area contributed by atoms with Gasteiger partial charge in [-0.05, 0) is 48.9 Å². The van der Waals surface area contributed by atoms with Crippen molar-refractivity contribution in [2.24, 2.45) is 5.92 Å². The molecule has 1 aliphatic carbocycles. The Morgan fingerprint density at radius 2 is 1.57 bits per heavy atom. The van der Waals surface area contributed by atoms with Crippen LogP contribution in [0.5, 0.6) is 0 Å². The summed E-state index contributed by atoms with van der Waals surface area (Å²) in [5.41, 5.74) is 3.92. The van der Waals surface area contributed by atoms with Gasteiger partial charge in [0, 0.05) is 18.0 Å². The van der Waals surface area contributed by atoms with Gasteiger partial charge in [0.05, 0.1) is 6.42 Å². The highest BCUT2D eigenvalue weighted by molar-refractivity contribution is 5.87. The quantitative estimate of drug-likeness (QED) is 0.524. The average molecular weight is 481 g/mol. The van der Waals surface area contributed by atoms with E-state index in [-0.39, 0.29) is 37.3 Å². The number of aliphatic carboxylic acids is 1. The fourth-order valence-corrected chi connectivity index (χ4v) is 4.60. The van der Waals surface area contributed by atoms with Crippen molar-refractivity contribution in [3.63, 3.8) is 0 Å². The molecule has 0 aliphatic heterocycles. The summed E-state index contributed by atoms with van der Waals surface area (Å²) in [7, 11) is 0. The minimum absolute atomic E-state index is 0.0664. The van der Waals surface area contributed by atoms with Crippen LogP contribution >= 0.6 is 0 Å². The van der Waals surface area contributed by atoms with Crippen molar-refractivity contribution in [3.05, 3.63) is 59.7 Å². The molecule has 7 nitrogen and oxygen atoms in total. The molecule has 188 valence electrons. The molecule has 3 rings (SSSR count). The van der Waals surface area contributed by atoms with E-state index in [0.29, 0.717) is 6.42 Å². The number of hydrogen-bond donors (Lipinski definition) is 2. The number of carbonyl (C=O) groups excluding carboxylic acids is 2. The Bertz CT molecular complexity index is 1030. The van der Waals surface area contributed by atoms with Gasteiger partial charge in [-0.3, -0.25) is 9.59 Å². The first-order valence-electron chi connectivity index (χ1n) is 12.2. The number of carboxylic acids is 1. The molecule has 0 spiro atoms. The Kier molecular flexibility index (Phi) is 8.20. The molecule has 2 amide bonds. The van der Waals surface area contributed by atoms with Crippen molar-refractivity contribution in [2.75, 3.05) is 13.2 Å². The molecular weight excluding hydrogens is 444 g/mol. The van der Waals surface area contributed by atoms with E-state index in [1.54, 1.807) is 0 Å². The number of ether oxygens (including phenoxy) is 1. The molecule has 0 bridgehead atoms. The van der Waals surface area contributed by atoms with Crippen LogP contribution in [0, 0.1) is 5.92 Å². The lowest BCUT2D eigenvalue weighted by Gasteiger charge is -2.39. The van der Waals surface area contributed by atoms with Gasteiger partial charge >= 0.3 is 12.1 Å². The van der Waals surface area contributed by atoms with Gasteiger partial charge in [-0.25, -0.2) is 4.79 Å². The normalized spacial score (nSPS) is 14.4. The van der Waals surface area contributed by atoms with E-state index >= 15 is 0 Å². The molecule has 0 fully saturated rings. The second-order valence-corrected chi connectivity index (χ2v) is 10.1. The lowest BCUT2D eigenvalue weighted by Crippen LogP contribution is -2.57. The van der Waals surface area contributed by atoms with E-state index in [2.05, 4.69) is 29.6 Å². The van der Waals surface area contributed by atoms with Crippen LogP contribution in [-0.2, 0) is 14.3 Å². The first-order chi connectivity index (χ1) is 16.5. The fraction of sp³-hybridized carbons (Fsp3) is 0.464. The second-order valence-electron chi connectivity index (χ2n) is 10.1. The molecule has 2 atom stereocenters. The second kappa shape index (κ2) is 10.9. The molecular formula is C28H36N2O5. The van der Waals surface area contributed by atoms with Gasteiger partial charge in [0.15, 0.2) is 0 Å². The van der Waals surface area contributed by atoms with Crippen LogP contribution in [0.1, 0.15) is 64.5 Å². The number of alkyl carbamates (subject to hydrolysis) is 1. The smallest absolute Gasteiger partial charge is 0.407 e. The molecule has 0 saturated heterocycles. The third-order valence-electron chi connectivity index (χ3n) is 6.72. The maximum atomic E-state index is 13.5. The number of rotatable bonds is 9. The highest BCUT2D eigenvalue weighted by Crippen LogP contribution is 2.44. The molecule has 7 heteroatoms. The predicted molar refractivity (Wildman–Crippen MR) is 135 cm³/mol. The van der Waals surface area contributed by atoms with Crippen molar-refractivity contribution in [1.29, 1.82) is 0 Å². The third-order valence-corrected chi connectivity index (χ3v) is 6.72. The summed E-state index contributed by atoms with van der Waals surface area (Å²) >= 11 is 0. The maximum Gasteiger partial charge on any atom is 0.407 e. The Hall–Kier alpha value is -3.35. The maximum absolute atomic E-state index is 13.5. The van der Waals surface area contributed by atoms with Crippen LogP contribution in [0.25, 0.3) is 11.1 Å². The summed E-state index contributed by atoms with van der Waals surface area (Å²) in [4.78, 5) is 39.1. The zero-order chi connectivity index (χ0) is 25.8. The Labute approximate surface area is 207 Å². The number of fused-ring (bicyclic) bond motifs is 3. The third kappa shape index (κ3) is 6.02.